The Bertz CT molecular complexity index is 376. The summed E-state index contributed by atoms with van der Waals surface area (Å²) in [6.45, 7) is 5.15. The number of unbranched alkanes of at least 4 members (excludes halogenated alkanes) is 1. The molecule has 0 aromatic carbocycles. The van der Waals surface area contributed by atoms with Crippen molar-refractivity contribution in [2.45, 2.75) is 46.1 Å². The number of rotatable bonds is 6. The Balaban J connectivity index is 2.70. The molecular weight excluding hydrogens is 268 g/mol. The molecule has 90 valence electrons. The van der Waals surface area contributed by atoms with Crippen LogP contribution in [0.25, 0.3) is 0 Å². The van der Waals surface area contributed by atoms with Crippen LogP contribution >= 0.6 is 15.9 Å². The molecule has 0 N–H and O–H groups in total. The molecule has 16 heavy (non-hydrogen) atoms. The molecule has 1 atom stereocenters. The van der Waals surface area contributed by atoms with Gasteiger partial charge < -0.3 is 0 Å². The van der Waals surface area contributed by atoms with Gasteiger partial charge in [-0.15, -0.1) is 0 Å². The Hall–Kier alpha value is -0.640. The van der Waals surface area contributed by atoms with Crippen molar-refractivity contribution in [1.29, 1.82) is 0 Å². The molecule has 0 spiro atoms. The van der Waals surface area contributed by atoms with Gasteiger partial charge in [0.2, 0.25) is 0 Å². The molecular formula is C12H19BrN2O. The first-order chi connectivity index (χ1) is 7.69. The van der Waals surface area contributed by atoms with Crippen molar-refractivity contribution >= 4 is 15.9 Å². The highest BCUT2D eigenvalue weighted by Crippen LogP contribution is 2.14. The molecule has 0 bridgehead atoms. The first kappa shape index (κ1) is 13.4. The smallest absolute Gasteiger partial charge is 0.267 e. The summed E-state index contributed by atoms with van der Waals surface area (Å²) in [5.74, 6) is 0.578. The van der Waals surface area contributed by atoms with Crippen LogP contribution in [-0.4, -0.2) is 9.55 Å². The van der Waals surface area contributed by atoms with Gasteiger partial charge in [0.1, 0.15) is 4.47 Å². The molecule has 0 aliphatic heterocycles. The first-order valence-electron chi connectivity index (χ1n) is 5.89. The summed E-state index contributed by atoms with van der Waals surface area (Å²) < 4.78 is 2.24. The van der Waals surface area contributed by atoms with E-state index in [9.17, 15) is 4.79 Å². The molecule has 1 aromatic heterocycles. The average Bonchev–Trinajstić information content (AvgIpc) is 2.30. The summed E-state index contributed by atoms with van der Waals surface area (Å²) in [5.41, 5.74) is 0.0185. The molecule has 1 heterocycles. The Labute approximate surface area is 105 Å². The van der Waals surface area contributed by atoms with Crippen LogP contribution in [0, 0.1) is 5.92 Å². The van der Waals surface area contributed by atoms with Gasteiger partial charge in [-0.1, -0.05) is 33.1 Å². The van der Waals surface area contributed by atoms with Crippen LogP contribution in [0.4, 0.5) is 0 Å². The third-order valence-electron chi connectivity index (χ3n) is 2.86. The fraction of sp³-hybridized carbons (Fsp3) is 0.667. The summed E-state index contributed by atoms with van der Waals surface area (Å²) in [6.07, 6.45) is 7.91. The highest BCUT2D eigenvalue weighted by molar-refractivity contribution is 9.10. The summed E-state index contributed by atoms with van der Waals surface area (Å²) in [7, 11) is 0. The Kier molecular flexibility index (Phi) is 5.74. The summed E-state index contributed by atoms with van der Waals surface area (Å²) in [4.78, 5) is 15.8. The van der Waals surface area contributed by atoms with E-state index in [-0.39, 0.29) is 5.56 Å². The SMILES string of the molecule is CCCCC(CC)Cn1cncc(Br)c1=O. The minimum Gasteiger partial charge on any atom is -0.298 e. The molecule has 0 aliphatic rings. The van der Waals surface area contributed by atoms with Crippen molar-refractivity contribution in [2.75, 3.05) is 0 Å². The minimum absolute atomic E-state index is 0.0185. The van der Waals surface area contributed by atoms with E-state index in [1.165, 1.54) is 19.3 Å². The second-order valence-corrected chi connectivity index (χ2v) is 4.97. The quantitative estimate of drug-likeness (QED) is 0.805. The molecule has 0 radical (unpaired) electrons. The van der Waals surface area contributed by atoms with Gasteiger partial charge in [-0.2, -0.15) is 0 Å². The van der Waals surface area contributed by atoms with Gasteiger partial charge in [0.15, 0.2) is 0 Å². The summed E-state index contributed by atoms with van der Waals surface area (Å²) in [6, 6.07) is 0. The zero-order valence-electron chi connectivity index (χ0n) is 9.95. The lowest BCUT2D eigenvalue weighted by molar-refractivity contribution is 0.382. The van der Waals surface area contributed by atoms with E-state index in [4.69, 9.17) is 0 Å². The van der Waals surface area contributed by atoms with Crippen molar-refractivity contribution in [3.63, 3.8) is 0 Å². The molecule has 4 heteroatoms. The normalized spacial score (nSPS) is 12.7. The molecule has 0 amide bonds. The van der Waals surface area contributed by atoms with Crippen molar-refractivity contribution < 1.29 is 0 Å². The third-order valence-corrected chi connectivity index (χ3v) is 3.40. The van der Waals surface area contributed by atoms with Crippen LogP contribution < -0.4 is 5.56 Å². The second kappa shape index (κ2) is 6.84. The maximum atomic E-state index is 11.8. The van der Waals surface area contributed by atoms with Gasteiger partial charge in [-0.25, -0.2) is 4.98 Å². The fourth-order valence-corrected chi connectivity index (χ4v) is 2.10. The molecule has 0 saturated heterocycles. The van der Waals surface area contributed by atoms with Crippen LogP contribution in [0.3, 0.4) is 0 Å². The zero-order chi connectivity index (χ0) is 12.0. The summed E-state index contributed by atoms with van der Waals surface area (Å²) >= 11 is 3.21. The summed E-state index contributed by atoms with van der Waals surface area (Å²) in [5, 5.41) is 0. The Morgan fingerprint density at radius 1 is 1.50 bits per heavy atom. The van der Waals surface area contributed by atoms with Gasteiger partial charge in [0.05, 0.1) is 6.33 Å². The minimum atomic E-state index is 0.0185. The maximum Gasteiger partial charge on any atom is 0.267 e. The van der Waals surface area contributed by atoms with Crippen LogP contribution in [0.2, 0.25) is 0 Å². The Morgan fingerprint density at radius 2 is 2.25 bits per heavy atom. The van der Waals surface area contributed by atoms with Gasteiger partial charge in [0, 0.05) is 12.7 Å². The molecule has 0 fully saturated rings. The number of hydrogen-bond donors (Lipinski definition) is 0. The lowest BCUT2D eigenvalue weighted by Gasteiger charge is -2.15. The van der Waals surface area contributed by atoms with Crippen molar-refractivity contribution in [2.24, 2.45) is 5.92 Å². The molecule has 1 rings (SSSR count). The lowest BCUT2D eigenvalue weighted by Crippen LogP contribution is -2.24. The predicted molar refractivity (Wildman–Crippen MR) is 69.5 cm³/mol. The van der Waals surface area contributed by atoms with Crippen LogP contribution in [0.1, 0.15) is 39.5 Å². The van der Waals surface area contributed by atoms with E-state index in [2.05, 4.69) is 34.8 Å². The van der Waals surface area contributed by atoms with Crippen LogP contribution in [0.15, 0.2) is 21.8 Å². The third kappa shape index (κ3) is 3.74. The zero-order valence-corrected chi connectivity index (χ0v) is 11.5. The number of nitrogens with zero attached hydrogens (tertiary/aromatic N) is 2. The molecule has 0 saturated carbocycles. The van der Waals surface area contributed by atoms with E-state index >= 15 is 0 Å². The van der Waals surface area contributed by atoms with Crippen molar-refractivity contribution in [1.82, 2.24) is 9.55 Å². The van der Waals surface area contributed by atoms with E-state index in [1.807, 2.05) is 0 Å². The number of halogens is 1. The molecule has 1 unspecified atom stereocenters. The fourth-order valence-electron chi connectivity index (χ4n) is 1.75. The van der Waals surface area contributed by atoms with E-state index in [0.29, 0.717) is 10.4 Å². The Morgan fingerprint density at radius 3 is 2.88 bits per heavy atom. The average molecular weight is 287 g/mol. The first-order valence-corrected chi connectivity index (χ1v) is 6.68. The largest absolute Gasteiger partial charge is 0.298 e. The van der Waals surface area contributed by atoms with Gasteiger partial charge in [-0.3, -0.25) is 9.36 Å². The van der Waals surface area contributed by atoms with Crippen molar-refractivity contribution in [3.8, 4) is 0 Å². The highest BCUT2D eigenvalue weighted by atomic mass is 79.9. The van der Waals surface area contributed by atoms with Gasteiger partial charge >= 0.3 is 0 Å². The maximum absolute atomic E-state index is 11.8. The van der Waals surface area contributed by atoms with Gasteiger partial charge in [-0.05, 0) is 28.3 Å². The van der Waals surface area contributed by atoms with E-state index in [1.54, 1.807) is 17.1 Å². The topological polar surface area (TPSA) is 34.9 Å². The predicted octanol–water partition coefficient (Wildman–Crippen LogP) is 3.22. The second-order valence-electron chi connectivity index (χ2n) is 4.12. The highest BCUT2D eigenvalue weighted by Gasteiger charge is 2.09. The standard InChI is InChI=1S/C12H19BrN2O/c1-3-5-6-10(4-2)8-15-9-14-7-11(13)12(15)16/h7,9-10H,3-6,8H2,1-2H3. The van der Waals surface area contributed by atoms with Crippen molar-refractivity contribution in [3.05, 3.63) is 27.4 Å². The van der Waals surface area contributed by atoms with Crippen LogP contribution in [0.5, 0.6) is 0 Å². The molecule has 1 aromatic rings. The molecule has 3 nitrogen and oxygen atoms in total. The van der Waals surface area contributed by atoms with Gasteiger partial charge in [0.25, 0.3) is 5.56 Å². The molecule has 0 aliphatic carbocycles. The van der Waals surface area contributed by atoms with Crippen LogP contribution in [-0.2, 0) is 6.54 Å². The van der Waals surface area contributed by atoms with E-state index < -0.39 is 0 Å². The van der Waals surface area contributed by atoms with E-state index in [0.717, 1.165) is 13.0 Å². The monoisotopic (exact) mass is 286 g/mol. The lowest BCUT2D eigenvalue weighted by atomic mass is 9.99. The number of aromatic nitrogens is 2. The number of hydrogen-bond acceptors (Lipinski definition) is 2.